The summed E-state index contributed by atoms with van der Waals surface area (Å²) >= 11 is 0. The first-order valence-corrected chi connectivity index (χ1v) is 9.47. The second-order valence-electron chi connectivity index (χ2n) is 6.79. The Hall–Kier alpha value is -2.99. The minimum absolute atomic E-state index is 0.130. The van der Waals surface area contributed by atoms with Gasteiger partial charge in [-0.15, -0.1) is 0 Å². The quantitative estimate of drug-likeness (QED) is 0.740. The van der Waals surface area contributed by atoms with Crippen LogP contribution in [0.3, 0.4) is 0 Å². The van der Waals surface area contributed by atoms with E-state index in [1.165, 1.54) is 17.7 Å². The molecule has 1 amide bonds. The van der Waals surface area contributed by atoms with E-state index in [4.69, 9.17) is 4.74 Å². The van der Waals surface area contributed by atoms with Crippen LogP contribution in [0.15, 0.2) is 48.7 Å². The number of pyridine rings is 1. The topological polar surface area (TPSA) is 54.5 Å². The maximum Gasteiger partial charge on any atom is 0.257 e. The lowest BCUT2D eigenvalue weighted by atomic mass is 10.1. The van der Waals surface area contributed by atoms with Crippen molar-refractivity contribution in [3.63, 3.8) is 0 Å². The van der Waals surface area contributed by atoms with Crippen LogP contribution in [0.2, 0.25) is 0 Å². The fourth-order valence-corrected chi connectivity index (χ4v) is 3.37. The SMILES string of the molecule is CCc1ccc(Nc2c(C(=O)N3CCOCC3)cnc3ccc(F)cc23)cc1. The average Bonchev–Trinajstić information content (AvgIpc) is 2.75. The Kier molecular flexibility index (Phi) is 5.21. The van der Waals surface area contributed by atoms with Gasteiger partial charge in [-0.1, -0.05) is 19.1 Å². The normalized spacial score (nSPS) is 14.3. The predicted octanol–water partition coefficient (Wildman–Crippen LogP) is 4.15. The third-order valence-corrected chi connectivity index (χ3v) is 4.99. The minimum atomic E-state index is -0.366. The first kappa shape index (κ1) is 18.4. The monoisotopic (exact) mass is 379 g/mol. The van der Waals surface area contributed by atoms with Gasteiger partial charge in [-0.2, -0.15) is 0 Å². The first-order valence-electron chi connectivity index (χ1n) is 9.47. The number of anilines is 2. The molecular formula is C22H22FN3O2. The summed E-state index contributed by atoms with van der Waals surface area (Å²) in [4.78, 5) is 19.3. The van der Waals surface area contributed by atoms with Crippen molar-refractivity contribution >= 4 is 28.2 Å². The van der Waals surface area contributed by atoms with E-state index >= 15 is 0 Å². The zero-order valence-electron chi connectivity index (χ0n) is 15.7. The fourth-order valence-electron chi connectivity index (χ4n) is 3.37. The molecule has 28 heavy (non-hydrogen) atoms. The Balaban J connectivity index is 1.79. The fraction of sp³-hybridized carbons (Fsp3) is 0.273. The van der Waals surface area contributed by atoms with E-state index in [2.05, 4.69) is 17.2 Å². The largest absolute Gasteiger partial charge is 0.378 e. The Morgan fingerprint density at radius 2 is 1.93 bits per heavy atom. The Labute approximate surface area is 163 Å². The molecule has 0 radical (unpaired) electrons. The number of rotatable bonds is 4. The van der Waals surface area contributed by atoms with Crippen molar-refractivity contribution in [2.75, 3.05) is 31.6 Å². The van der Waals surface area contributed by atoms with E-state index in [0.717, 1.165) is 12.1 Å². The second kappa shape index (κ2) is 7.94. The van der Waals surface area contributed by atoms with Crippen LogP contribution in [-0.4, -0.2) is 42.1 Å². The van der Waals surface area contributed by atoms with Crippen molar-refractivity contribution in [1.29, 1.82) is 0 Å². The van der Waals surface area contributed by atoms with Crippen molar-refractivity contribution in [2.45, 2.75) is 13.3 Å². The van der Waals surface area contributed by atoms with E-state index in [1.807, 2.05) is 24.3 Å². The van der Waals surface area contributed by atoms with E-state index in [0.29, 0.717) is 48.5 Å². The molecule has 144 valence electrons. The maximum absolute atomic E-state index is 14.0. The lowest BCUT2D eigenvalue weighted by Crippen LogP contribution is -2.41. The summed E-state index contributed by atoms with van der Waals surface area (Å²) in [6.07, 6.45) is 2.52. The molecule has 1 saturated heterocycles. The summed E-state index contributed by atoms with van der Waals surface area (Å²) in [5.74, 6) is -0.496. The third kappa shape index (κ3) is 3.68. The molecule has 3 aromatic rings. The molecule has 1 N–H and O–H groups in total. The Morgan fingerprint density at radius 1 is 1.18 bits per heavy atom. The Morgan fingerprint density at radius 3 is 2.64 bits per heavy atom. The number of morpholine rings is 1. The van der Waals surface area contributed by atoms with Gasteiger partial charge >= 0.3 is 0 Å². The molecule has 6 heteroatoms. The summed E-state index contributed by atoms with van der Waals surface area (Å²) in [5, 5.41) is 3.91. The van der Waals surface area contributed by atoms with Crippen LogP contribution in [-0.2, 0) is 11.2 Å². The van der Waals surface area contributed by atoms with Crippen LogP contribution in [0.5, 0.6) is 0 Å². The lowest BCUT2D eigenvalue weighted by molar-refractivity contribution is 0.0303. The van der Waals surface area contributed by atoms with Gasteiger partial charge in [0.25, 0.3) is 5.91 Å². The van der Waals surface area contributed by atoms with Gasteiger partial charge in [-0.3, -0.25) is 9.78 Å². The summed E-state index contributed by atoms with van der Waals surface area (Å²) in [5.41, 5.74) is 3.70. The maximum atomic E-state index is 14.0. The molecule has 0 aliphatic carbocycles. The van der Waals surface area contributed by atoms with Crippen LogP contribution in [0.25, 0.3) is 10.9 Å². The summed E-state index contributed by atoms with van der Waals surface area (Å²) in [6.45, 7) is 4.20. The van der Waals surface area contributed by atoms with Gasteiger partial charge in [-0.05, 0) is 42.3 Å². The van der Waals surface area contributed by atoms with Crippen molar-refractivity contribution in [2.24, 2.45) is 0 Å². The molecular weight excluding hydrogens is 357 g/mol. The van der Waals surface area contributed by atoms with E-state index in [1.54, 1.807) is 17.2 Å². The van der Waals surface area contributed by atoms with E-state index in [9.17, 15) is 9.18 Å². The van der Waals surface area contributed by atoms with Crippen molar-refractivity contribution in [3.8, 4) is 0 Å². The van der Waals surface area contributed by atoms with Gasteiger partial charge in [0, 0.05) is 30.4 Å². The number of ether oxygens (including phenoxy) is 1. The molecule has 0 unspecified atom stereocenters. The summed E-state index contributed by atoms with van der Waals surface area (Å²) in [6, 6.07) is 12.4. The molecule has 1 aliphatic rings. The van der Waals surface area contributed by atoms with Crippen LogP contribution >= 0.6 is 0 Å². The number of hydrogen-bond donors (Lipinski definition) is 1. The van der Waals surface area contributed by atoms with Crippen molar-refractivity contribution < 1.29 is 13.9 Å². The number of halogens is 1. The molecule has 2 aromatic carbocycles. The van der Waals surface area contributed by atoms with Crippen LogP contribution in [0.1, 0.15) is 22.8 Å². The molecule has 1 aliphatic heterocycles. The molecule has 2 heterocycles. The second-order valence-corrected chi connectivity index (χ2v) is 6.79. The van der Waals surface area contributed by atoms with Gasteiger partial charge in [0.1, 0.15) is 5.82 Å². The summed E-state index contributed by atoms with van der Waals surface area (Å²) in [7, 11) is 0. The number of nitrogens with one attached hydrogen (secondary N) is 1. The Bertz CT molecular complexity index is 999. The van der Waals surface area contributed by atoms with Crippen LogP contribution in [0, 0.1) is 5.82 Å². The highest BCUT2D eigenvalue weighted by Gasteiger charge is 2.23. The molecule has 1 aromatic heterocycles. The first-order chi connectivity index (χ1) is 13.7. The standard InChI is InChI=1S/C22H22FN3O2/c1-2-15-3-6-17(7-4-15)25-21-18-13-16(23)5-8-20(18)24-14-19(21)22(27)26-9-11-28-12-10-26/h3-8,13-14H,2,9-12H2,1H3,(H,24,25). The smallest absolute Gasteiger partial charge is 0.257 e. The van der Waals surface area contributed by atoms with Crippen molar-refractivity contribution in [3.05, 3.63) is 65.6 Å². The van der Waals surface area contributed by atoms with Gasteiger partial charge in [0.05, 0.1) is 30.0 Å². The zero-order valence-corrected chi connectivity index (χ0v) is 15.7. The van der Waals surface area contributed by atoms with Gasteiger partial charge in [0.15, 0.2) is 0 Å². The van der Waals surface area contributed by atoms with Crippen LogP contribution in [0.4, 0.5) is 15.8 Å². The third-order valence-electron chi connectivity index (χ3n) is 4.99. The highest BCUT2D eigenvalue weighted by molar-refractivity contribution is 6.08. The van der Waals surface area contributed by atoms with Gasteiger partial charge in [0.2, 0.25) is 0 Å². The van der Waals surface area contributed by atoms with Crippen molar-refractivity contribution in [1.82, 2.24) is 9.88 Å². The van der Waals surface area contributed by atoms with E-state index in [-0.39, 0.29) is 11.7 Å². The molecule has 5 nitrogen and oxygen atoms in total. The molecule has 0 saturated carbocycles. The number of hydrogen-bond acceptors (Lipinski definition) is 4. The molecule has 0 bridgehead atoms. The molecule has 1 fully saturated rings. The number of nitrogens with zero attached hydrogens (tertiary/aromatic N) is 2. The summed E-state index contributed by atoms with van der Waals surface area (Å²) < 4.78 is 19.3. The molecule has 0 atom stereocenters. The molecule has 0 spiro atoms. The number of amides is 1. The number of carbonyl (C=O) groups is 1. The number of fused-ring (bicyclic) bond motifs is 1. The number of benzene rings is 2. The van der Waals surface area contributed by atoms with Gasteiger partial charge < -0.3 is 15.0 Å². The predicted molar refractivity (Wildman–Crippen MR) is 108 cm³/mol. The number of carbonyl (C=O) groups excluding carboxylic acids is 1. The number of aromatic nitrogens is 1. The number of aryl methyl sites for hydroxylation is 1. The highest BCUT2D eigenvalue weighted by atomic mass is 19.1. The minimum Gasteiger partial charge on any atom is -0.378 e. The zero-order chi connectivity index (χ0) is 19.5. The van der Waals surface area contributed by atoms with E-state index < -0.39 is 0 Å². The average molecular weight is 379 g/mol. The highest BCUT2D eigenvalue weighted by Crippen LogP contribution is 2.31. The lowest BCUT2D eigenvalue weighted by Gasteiger charge is -2.28. The molecule has 4 rings (SSSR count). The van der Waals surface area contributed by atoms with Gasteiger partial charge in [-0.25, -0.2) is 4.39 Å². The van der Waals surface area contributed by atoms with Crippen LogP contribution < -0.4 is 5.32 Å².